The number of ether oxygens (including phenoxy) is 2. The fraction of sp³-hybridized carbons (Fsp3) is 0.333. The van der Waals surface area contributed by atoms with Crippen LogP contribution in [-0.4, -0.2) is 77.5 Å². The molecule has 0 radical (unpaired) electrons. The fourth-order valence-electron chi connectivity index (χ4n) is 5.16. The van der Waals surface area contributed by atoms with E-state index in [4.69, 9.17) is 19.4 Å². The summed E-state index contributed by atoms with van der Waals surface area (Å²) >= 11 is 0. The summed E-state index contributed by atoms with van der Waals surface area (Å²) in [6.45, 7) is 2.79. The van der Waals surface area contributed by atoms with E-state index >= 15 is 0 Å². The van der Waals surface area contributed by atoms with Gasteiger partial charge < -0.3 is 24.6 Å². The number of phenols is 1. The average molecular weight is 573 g/mol. The number of aliphatic carboxylic acids is 1. The first-order chi connectivity index (χ1) is 19.5. The van der Waals surface area contributed by atoms with E-state index in [1.54, 1.807) is 13.2 Å². The molecular weight excluding hydrogens is 541 g/mol. The Labute approximate surface area is 235 Å². The first kappa shape index (κ1) is 29.9. The monoisotopic (exact) mass is 572 g/mol. The highest BCUT2D eigenvalue weighted by atomic mass is 19.4. The highest BCUT2D eigenvalue weighted by Gasteiger charge is 2.46. The van der Waals surface area contributed by atoms with Crippen molar-refractivity contribution in [1.82, 2.24) is 9.80 Å². The molecule has 2 aliphatic heterocycles. The van der Waals surface area contributed by atoms with Crippen molar-refractivity contribution in [2.75, 3.05) is 33.4 Å². The number of aromatic hydroxyl groups is 1. The number of benzene rings is 3. The second-order valence-electron chi connectivity index (χ2n) is 9.84. The molecule has 2 fully saturated rings. The Balaban J connectivity index is 0.000000493. The predicted octanol–water partition coefficient (Wildman–Crippen LogP) is 4.41. The van der Waals surface area contributed by atoms with Crippen molar-refractivity contribution < 1.29 is 42.4 Å². The van der Waals surface area contributed by atoms with Crippen LogP contribution in [0.15, 0.2) is 78.9 Å². The summed E-state index contributed by atoms with van der Waals surface area (Å²) in [5.74, 6) is -1.86. The van der Waals surface area contributed by atoms with Gasteiger partial charge in [-0.25, -0.2) is 4.79 Å². The summed E-state index contributed by atoms with van der Waals surface area (Å²) in [7, 11) is 1.59. The Hall–Kier alpha value is -4.09. The number of nitrogens with zero attached hydrogens (tertiary/aromatic N) is 2. The van der Waals surface area contributed by atoms with E-state index in [1.165, 1.54) is 0 Å². The first-order valence-electron chi connectivity index (χ1n) is 13.0. The standard InChI is InChI=1S/C28H30N2O4.C2HF3O2/c1-33-25-13-12-21(26(31)16-25)17-29-15-14-24(18-29)30-20-28(34-19-27(30)32,22-8-4-2-5-9-22)23-10-6-3-7-11-23;3-2(4,5)1(6)7/h2-13,16,24,31H,14-15,17-20H2,1H3;(H,6,7). The molecule has 0 spiro atoms. The molecule has 2 aliphatic rings. The zero-order valence-electron chi connectivity index (χ0n) is 22.4. The van der Waals surface area contributed by atoms with Crippen LogP contribution in [0.4, 0.5) is 13.2 Å². The van der Waals surface area contributed by atoms with Crippen LogP contribution >= 0.6 is 0 Å². The molecule has 0 aromatic heterocycles. The van der Waals surface area contributed by atoms with Gasteiger partial charge in [0, 0.05) is 37.3 Å². The topological polar surface area (TPSA) is 99.5 Å². The number of carbonyl (C=O) groups is 2. The van der Waals surface area contributed by atoms with Crippen molar-refractivity contribution in [2.24, 2.45) is 0 Å². The Kier molecular flexibility index (Phi) is 9.19. The molecule has 3 aromatic rings. The molecule has 11 heteroatoms. The van der Waals surface area contributed by atoms with Gasteiger partial charge in [0.15, 0.2) is 0 Å². The molecule has 0 saturated carbocycles. The van der Waals surface area contributed by atoms with E-state index in [2.05, 4.69) is 29.2 Å². The fourth-order valence-corrected chi connectivity index (χ4v) is 5.16. The van der Waals surface area contributed by atoms with Crippen LogP contribution in [0.3, 0.4) is 0 Å². The smallest absolute Gasteiger partial charge is 0.490 e. The SMILES string of the molecule is COc1ccc(CN2CCC(N3CC(c4ccccc4)(c4ccccc4)OCC3=O)C2)c(O)c1.O=C(O)C(F)(F)F. The summed E-state index contributed by atoms with van der Waals surface area (Å²) in [5, 5.41) is 17.5. The number of rotatable bonds is 6. The van der Waals surface area contributed by atoms with E-state index in [-0.39, 0.29) is 24.3 Å². The number of phenolic OH excluding ortho intramolecular Hbond substituents is 1. The van der Waals surface area contributed by atoms with Gasteiger partial charge in [0.1, 0.15) is 23.7 Å². The number of carboxylic acids is 1. The highest BCUT2D eigenvalue weighted by molar-refractivity contribution is 5.79. The van der Waals surface area contributed by atoms with Gasteiger partial charge in [0.05, 0.1) is 13.7 Å². The maximum Gasteiger partial charge on any atom is 0.490 e. The molecular formula is C30H31F3N2O6. The molecule has 5 rings (SSSR count). The zero-order chi connectivity index (χ0) is 29.6. The number of hydrogen-bond acceptors (Lipinski definition) is 6. The number of halogens is 3. The van der Waals surface area contributed by atoms with Gasteiger partial charge in [0.2, 0.25) is 5.91 Å². The van der Waals surface area contributed by atoms with E-state index in [0.29, 0.717) is 18.8 Å². The Morgan fingerprint density at radius 2 is 1.63 bits per heavy atom. The highest BCUT2D eigenvalue weighted by Crippen LogP contribution is 2.38. The van der Waals surface area contributed by atoms with Gasteiger partial charge in [-0.2, -0.15) is 13.2 Å². The number of alkyl halides is 3. The molecule has 41 heavy (non-hydrogen) atoms. The molecule has 0 bridgehead atoms. The Morgan fingerprint density at radius 1 is 1.05 bits per heavy atom. The molecule has 1 unspecified atom stereocenters. The van der Waals surface area contributed by atoms with Gasteiger partial charge in [0.25, 0.3) is 0 Å². The van der Waals surface area contributed by atoms with Crippen LogP contribution in [0.1, 0.15) is 23.1 Å². The molecule has 8 nitrogen and oxygen atoms in total. The van der Waals surface area contributed by atoms with Crippen molar-refractivity contribution in [3.05, 3.63) is 95.6 Å². The van der Waals surface area contributed by atoms with E-state index in [1.807, 2.05) is 53.4 Å². The maximum absolute atomic E-state index is 13.0. The second kappa shape index (κ2) is 12.6. The third-order valence-electron chi connectivity index (χ3n) is 7.25. The molecule has 1 atom stereocenters. The van der Waals surface area contributed by atoms with Crippen LogP contribution in [0, 0.1) is 0 Å². The van der Waals surface area contributed by atoms with Gasteiger partial charge in [-0.1, -0.05) is 66.7 Å². The molecule has 2 heterocycles. The molecule has 2 N–H and O–H groups in total. The number of amides is 1. The number of morpholine rings is 1. The molecule has 3 aromatic carbocycles. The third kappa shape index (κ3) is 6.98. The van der Waals surface area contributed by atoms with Crippen molar-refractivity contribution >= 4 is 11.9 Å². The van der Waals surface area contributed by atoms with Crippen LogP contribution < -0.4 is 4.74 Å². The molecule has 0 aliphatic carbocycles. The van der Waals surface area contributed by atoms with Crippen LogP contribution in [0.5, 0.6) is 11.5 Å². The number of likely N-dealkylation sites (tertiary alicyclic amines) is 1. The number of carbonyl (C=O) groups excluding carboxylic acids is 1. The van der Waals surface area contributed by atoms with Crippen LogP contribution in [0.25, 0.3) is 0 Å². The van der Waals surface area contributed by atoms with Crippen LogP contribution in [-0.2, 0) is 26.5 Å². The Morgan fingerprint density at radius 3 is 2.15 bits per heavy atom. The van der Waals surface area contributed by atoms with Crippen molar-refractivity contribution in [2.45, 2.75) is 30.8 Å². The summed E-state index contributed by atoms with van der Waals surface area (Å²) in [6.07, 6.45) is -4.19. The number of hydrogen-bond donors (Lipinski definition) is 2. The summed E-state index contributed by atoms with van der Waals surface area (Å²) < 4.78 is 43.3. The van der Waals surface area contributed by atoms with Gasteiger partial charge in [-0.3, -0.25) is 9.69 Å². The lowest BCUT2D eigenvalue weighted by Crippen LogP contribution is -2.57. The second-order valence-corrected chi connectivity index (χ2v) is 9.84. The minimum absolute atomic E-state index is 0.0293. The van der Waals surface area contributed by atoms with Crippen molar-refractivity contribution in [3.8, 4) is 11.5 Å². The maximum atomic E-state index is 13.0. The zero-order valence-corrected chi connectivity index (χ0v) is 22.4. The minimum atomic E-state index is -5.08. The number of carboxylic acid groups (broad SMARTS) is 1. The lowest BCUT2D eigenvalue weighted by atomic mass is 9.84. The summed E-state index contributed by atoms with van der Waals surface area (Å²) in [4.78, 5) is 26.3. The quantitative estimate of drug-likeness (QED) is 0.452. The third-order valence-corrected chi connectivity index (χ3v) is 7.25. The summed E-state index contributed by atoms with van der Waals surface area (Å²) in [5.41, 5.74) is 2.27. The number of methoxy groups -OCH3 is 1. The largest absolute Gasteiger partial charge is 0.507 e. The van der Waals surface area contributed by atoms with Gasteiger partial charge >= 0.3 is 12.1 Å². The molecule has 218 valence electrons. The lowest BCUT2D eigenvalue weighted by Gasteiger charge is -2.45. The van der Waals surface area contributed by atoms with Crippen molar-refractivity contribution in [3.63, 3.8) is 0 Å². The van der Waals surface area contributed by atoms with Gasteiger partial charge in [-0.15, -0.1) is 0 Å². The molecule has 1 amide bonds. The predicted molar refractivity (Wildman–Crippen MR) is 143 cm³/mol. The lowest BCUT2D eigenvalue weighted by molar-refractivity contribution is -0.192. The van der Waals surface area contributed by atoms with E-state index < -0.39 is 17.7 Å². The van der Waals surface area contributed by atoms with E-state index in [9.17, 15) is 23.1 Å². The molecule has 2 saturated heterocycles. The van der Waals surface area contributed by atoms with E-state index in [0.717, 1.165) is 36.2 Å². The first-order valence-corrected chi connectivity index (χ1v) is 13.0. The average Bonchev–Trinajstić information content (AvgIpc) is 3.43. The minimum Gasteiger partial charge on any atom is -0.507 e. The summed E-state index contributed by atoms with van der Waals surface area (Å²) in [6, 6.07) is 25.9. The van der Waals surface area contributed by atoms with Crippen LogP contribution in [0.2, 0.25) is 0 Å². The normalized spacial score (nSPS) is 18.9. The Bertz CT molecular complexity index is 1300. The van der Waals surface area contributed by atoms with Gasteiger partial charge in [-0.05, 0) is 23.6 Å². The van der Waals surface area contributed by atoms with Crippen molar-refractivity contribution in [1.29, 1.82) is 0 Å².